The number of nitrogens with zero attached hydrogens (tertiary/aromatic N) is 3. The molecule has 0 bridgehead atoms. The Morgan fingerprint density at radius 1 is 1.30 bits per heavy atom. The maximum atomic E-state index is 6.18. The Balaban J connectivity index is 1.73. The van der Waals surface area contributed by atoms with Gasteiger partial charge >= 0.3 is 0 Å². The van der Waals surface area contributed by atoms with Gasteiger partial charge in [0.25, 0.3) is 0 Å². The molecule has 0 saturated carbocycles. The van der Waals surface area contributed by atoms with Crippen molar-refractivity contribution in [1.82, 2.24) is 14.8 Å². The van der Waals surface area contributed by atoms with Crippen LogP contribution in [0.4, 0.5) is 11.4 Å². The van der Waals surface area contributed by atoms with Crippen LogP contribution in [0.5, 0.6) is 0 Å². The van der Waals surface area contributed by atoms with Gasteiger partial charge < -0.3 is 11.1 Å². The van der Waals surface area contributed by atoms with Crippen molar-refractivity contribution in [2.24, 2.45) is 0 Å². The van der Waals surface area contributed by atoms with Crippen LogP contribution in [0.3, 0.4) is 0 Å². The Bertz CT molecular complexity index is 732. The Morgan fingerprint density at radius 2 is 2.20 bits per heavy atom. The monoisotopic (exact) mass is 267 g/mol. The molecule has 2 heterocycles. The number of nitrogens with two attached hydrogens (primary N) is 1. The van der Waals surface area contributed by atoms with Crippen LogP contribution in [0.25, 0.3) is 10.9 Å². The van der Waals surface area contributed by atoms with E-state index < -0.39 is 0 Å². The molecule has 102 valence electrons. The summed E-state index contributed by atoms with van der Waals surface area (Å²) in [6.07, 6.45) is 5.65. The molecule has 0 spiro atoms. The van der Waals surface area contributed by atoms with Crippen molar-refractivity contribution < 1.29 is 0 Å². The molecule has 0 aliphatic rings. The molecule has 0 unspecified atom stereocenters. The molecule has 0 aliphatic heterocycles. The highest BCUT2D eigenvalue weighted by Gasteiger charge is 2.04. The van der Waals surface area contributed by atoms with Crippen molar-refractivity contribution in [3.63, 3.8) is 0 Å². The molecule has 0 amide bonds. The third kappa shape index (κ3) is 2.42. The van der Waals surface area contributed by atoms with Crippen LogP contribution < -0.4 is 11.1 Å². The van der Waals surface area contributed by atoms with Crippen molar-refractivity contribution in [2.45, 2.75) is 13.5 Å². The standard InChI is InChI=1S/C15H17N5/c1-11-9-19-20(10-11)8-7-18-14-5-4-13-12(15(14)16)3-2-6-17-13/h2-6,9-10,18H,7-8,16H2,1H3. The second-order valence-corrected chi connectivity index (χ2v) is 4.80. The average Bonchev–Trinajstić information content (AvgIpc) is 2.87. The average molecular weight is 267 g/mol. The van der Waals surface area contributed by atoms with Gasteiger partial charge in [-0.2, -0.15) is 5.10 Å². The topological polar surface area (TPSA) is 68.8 Å². The first-order chi connectivity index (χ1) is 9.74. The Kier molecular flexibility index (Phi) is 3.25. The van der Waals surface area contributed by atoms with Gasteiger partial charge in [-0.15, -0.1) is 0 Å². The summed E-state index contributed by atoms with van der Waals surface area (Å²) < 4.78 is 1.92. The van der Waals surface area contributed by atoms with E-state index in [-0.39, 0.29) is 0 Å². The fraction of sp³-hybridized carbons (Fsp3) is 0.200. The number of anilines is 2. The summed E-state index contributed by atoms with van der Waals surface area (Å²) in [6.45, 7) is 3.61. The molecule has 0 atom stereocenters. The van der Waals surface area contributed by atoms with Crippen molar-refractivity contribution in [3.8, 4) is 0 Å². The minimum absolute atomic E-state index is 0.743. The Hall–Kier alpha value is -2.56. The van der Waals surface area contributed by atoms with Gasteiger partial charge in [-0.1, -0.05) is 0 Å². The van der Waals surface area contributed by atoms with Crippen LogP contribution in [0, 0.1) is 6.92 Å². The number of aryl methyl sites for hydroxylation is 1. The second kappa shape index (κ2) is 5.21. The fourth-order valence-corrected chi connectivity index (χ4v) is 2.22. The van der Waals surface area contributed by atoms with Crippen LogP contribution in [0.15, 0.2) is 42.9 Å². The SMILES string of the molecule is Cc1cnn(CCNc2ccc3ncccc3c2N)c1. The van der Waals surface area contributed by atoms with E-state index in [1.165, 1.54) is 5.56 Å². The van der Waals surface area contributed by atoms with E-state index in [1.54, 1.807) is 6.20 Å². The fourth-order valence-electron chi connectivity index (χ4n) is 2.22. The molecule has 0 saturated heterocycles. The second-order valence-electron chi connectivity index (χ2n) is 4.80. The lowest BCUT2D eigenvalue weighted by molar-refractivity contribution is 0.637. The van der Waals surface area contributed by atoms with Crippen LogP contribution in [0.2, 0.25) is 0 Å². The smallest absolute Gasteiger partial charge is 0.0724 e. The number of benzene rings is 1. The lowest BCUT2D eigenvalue weighted by atomic mass is 10.1. The number of nitrogen functional groups attached to an aromatic ring is 1. The Morgan fingerprint density at radius 3 is 3.00 bits per heavy atom. The maximum Gasteiger partial charge on any atom is 0.0724 e. The number of rotatable bonds is 4. The van der Waals surface area contributed by atoms with E-state index in [0.29, 0.717) is 0 Å². The number of fused-ring (bicyclic) bond motifs is 1. The zero-order valence-electron chi connectivity index (χ0n) is 11.4. The zero-order valence-corrected chi connectivity index (χ0v) is 11.4. The zero-order chi connectivity index (χ0) is 13.9. The highest BCUT2D eigenvalue weighted by molar-refractivity contribution is 5.96. The molecular weight excluding hydrogens is 250 g/mol. The molecule has 3 N–H and O–H groups in total. The minimum atomic E-state index is 0.743. The molecule has 0 aliphatic carbocycles. The van der Waals surface area contributed by atoms with Crippen molar-refractivity contribution in [2.75, 3.05) is 17.6 Å². The van der Waals surface area contributed by atoms with Gasteiger partial charge in [0, 0.05) is 24.3 Å². The minimum Gasteiger partial charge on any atom is -0.397 e. The van der Waals surface area contributed by atoms with Gasteiger partial charge in [-0.3, -0.25) is 9.67 Å². The first-order valence-electron chi connectivity index (χ1n) is 6.60. The molecule has 5 nitrogen and oxygen atoms in total. The van der Waals surface area contributed by atoms with Gasteiger partial charge in [0.1, 0.15) is 0 Å². The summed E-state index contributed by atoms with van der Waals surface area (Å²) in [7, 11) is 0. The van der Waals surface area contributed by atoms with Gasteiger partial charge in [0.2, 0.25) is 0 Å². The van der Waals surface area contributed by atoms with Crippen LogP contribution in [-0.2, 0) is 6.54 Å². The van der Waals surface area contributed by atoms with Gasteiger partial charge in [0.05, 0.1) is 29.6 Å². The summed E-state index contributed by atoms with van der Waals surface area (Å²) in [5, 5.41) is 8.58. The van der Waals surface area contributed by atoms with E-state index in [2.05, 4.69) is 15.4 Å². The van der Waals surface area contributed by atoms with E-state index in [4.69, 9.17) is 5.73 Å². The molecular formula is C15H17N5. The molecule has 0 radical (unpaired) electrons. The molecule has 1 aromatic carbocycles. The highest BCUT2D eigenvalue weighted by atomic mass is 15.3. The maximum absolute atomic E-state index is 6.18. The van der Waals surface area contributed by atoms with Gasteiger partial charge in [0.15, 0.2) is 0 Å². The molecule has 3 rings (SSSR count). The lowest BCUT2D eigenvalue weighted by Gasteiger charge is -2.11. The molecule has 5 heteroatoms. The van der Waals surface area contributed by atoms with Crippen LogP contribution in [0.1, 0.15) is 5.56 Å². The van der Waals surface area contributed by atoms with Crippen molar-refractivity contribution in [1.29, 1.82) is 0 Å². The van der Waals surface area contributed by atoms with Gasteiger partial charge in [-0.25, -0.2) is 0 Å². The predicted octanol–water partition coefficient (Wildman–Crippen LogP) is 2.43. The predicted molar refractivity (Wildman–Crippen MR) is 81.6 cm³/mol. The number of aromatic nitrogens is 3. The largest absolute Gasteiger partial charge is 0.397 e. The molecule has 20 heavy (non-hydrogen) atoms. The highest BCUT2D eigenvalue weighted by Crippen LogP contribution is 2.27. The summed E-state index contributed by atoms with van der Waals surface area (Å²) in [5.41, 5.74) is 9.94. The number of pyridine rings is 1. The van der Waals surface area contributed by atoms with E-state index >= 15 is 0 Å². The third-order valence-corrected chi connectivity index (χ3v) is 3.25. The van der Waals surface area contributed by atoms with Crippen LogP contribution in [-0.4, -0.2) is 21.3 Å². The van der Waals surface area contributed by atoms with Crippen molar-refractivity contribution >= 4 is 22.3 Å². The number of hydrogen-bond donors (Lipinski definition) is 2. The Labute approximate surface area is 117 Å². The first kappa shape index (κ1) is 12.5. The third-order valence-electron chi connectivity index (χ3n) is 3.25. The lowest BCUT2D eigenvalue weighted by Crippen LogP contribution is -2.12. The summed E-state index contributed by atoms with van der Waals surface area (Å²) in [4.78, 5) is 4.29. The normalized spacial score (nSPS) is 10.8. The quantitative estimate of drug-likeness (QED) is 0.712. The van der Waals surface area contributed by atoms with E-state index in [9.17, 15) is 0 Å². The number of nitrogens with one attached hydrogen (secondary N) is 1. The summed E-state index contributed by atoms with van der Waals surface area (Å²) >= 11 is 0. The first-order valence-corrected chi connectivity index (χ1v) is 6.60. The number of hydrogen-bond acceptors (Lipinski definition) is 4. The van der Waals surface area contributed by atoms with Crippen molar-refractivity contribution in [3.05, 3.63) is 48.4 Å². The van der Waals surface area contributed by atoms with Crippen LogP contribution >= 0.6 is 0 Å². The van der Waals surface area contributed by atoms with Gasteiger partial charge in [-0.05, 0) is 36.8 Å². The van der Waals surface area contributed by atoms with E-state index in [1.807, 2.05) is 48.3 Å². The molecule has 0 fully saturated rings. The summed E-state index contributed by atoms with van der Waals surface area (Å²) in [6, 6.07) is 7.83. The molecule has 2 aromatic heterocycles. The summed E-state index contributed by atoms with van der Waals surface area (Å²) in [5.74, 6) is 0. The molecule has 3 aromatic rings. The van der Waals surface area contributed by atoms with E-state index in [0.717, 1.165) is 35.4 Å².